The summed E-state index contributed by atoms with van der Waals surface area (Å²) in [5.74, 6) is 1.52. The second-order valence-corrected chi connectivity index (χ2v) is 7.33. The van der Waals surface area contributed by atoms with Crippen LogP contribution in [0, 0.1) is 0 Å². The molecule has 3 nitrogen and oxygen atoms in total. The molecule has 0 radical (unpaired) electrons. The molecule has 4 heteroatoms. The average molecular weight is 304 g/mol. The lowest BCUT2D eigenvalue weighted by molar-refractivity contribution is -0.130. The normalized spacial score (nSPS) is 29.9. The molecule has 2 fully saturated rings. The Morgan fingerprint density at radius 1 is 1.29 bits per heavy atom. The zero-order valence-corrected chi connectivity index (χ0v) is 13.4. The van der Waals surface area contributed by atoms with E-state index < -0.39 is 0 Å². The molecular formula is C17H24N2OS. The summed E-state index contributed by atoms with van der Waals surface area (Å²) in [6, 6.07) is 10.3. The number of nitrogens with one attached hydrogen (secondary N) is 1. The summed E-state index contributed by atoms with van der Waals surface area (Å²) in [7, 11) is 0. The first-order valence-electron chi connectivity index (χ1n) is 8.02. The highest BCUT2D eigenvalue weighted by Gasteiger charge is 2.39. The molecule has 3 atom stereocenters. The van der Waals surface area contributed by atoms with Crippen LogP contribution in [-0.2, 0) is 4.79 Å². The average Bonchev–Trinajstić information content (AvgIpc) is 2.86. The number of carbonyl (C=O) groups excluding carboxylic acids is 1. The topological polar surface area (TPSA) is 32.3 Å². The Balaban J connectivity index is 1.77. The smallest absolute Gasteiger partial charge is 0.241 e. The lowest BCUT2D eigenvalue weighted by Crippen LogP contribution is -2.37. The minimum atomic E-state index is -0.0243. The number of hydrogen-bond donors (Lipinski definition) is 1. The van der Waals surface area contributed by atoms with Crippen molar-refractivity contribution in [2.45, 2.75) is 50.1 Å². The zero-order chi connectivity index (χ0) is 14.7. The van der Waals surface area contributed by atoms with Gasteiger partial charge in [0.05, 0.1) is 6.04 Å². The molecule has 114 valence electrons. The highest BCUT2D eigenvalue weighted by atomic mass is 32.2. The summed E-state index contributed by atoms with van der Waals surface area (Å²) in [6.45, 7) is 2.96. The van der Waals surface area contributed by atoms with Crippen LogP contribution < -0.4 is 5.32 Å². The Hall–Kier alpha value is -1.00. The minimum absolute atomic E-state index is 0.0243. The summed E-state index contributed by atoms with van der Waals surface area (Å²) in [5, 5.41) is 4.12. The van der Waals surface area contributed by atoms with E-state index in [9.17, 15) is 4.79 Å². The minimum Gasteiger partial charge on any atom is -0.320 e. The number of thioether (sulfide) groups is 1. The van der Waals surface area contributed by atoms with E-state index in [2.05, 4.69) is 29.3 Å². The van der Waals surface area contributed by atoms with E-state index in [1.54, 1.807) is 0 Å². The van der Waals surface area contributed by atoms with E-state index in [4.69, 9.17) is 0 Å². The first-order valence-corrected chi connectivity index (χ1v) is 9.07. The van der Waals surface area contributed by atoms with Crippen LogP contribution in [0.1, 0.15) is 44.3 Å². The monoisotopic (exact) mass is 304 g/mol. The zero-order valence-electron chi connectivity index (χ0n) is 12.6. The van der Waals surface area contributed by atoms with Gasteiger partial charge in [0.1, 0.15) is 6.17 Å². The second kappa shape index (κ2) is 6.84. The molecule has 1 aromatic carbocycles. The van der Waals surface area contributed by atoms with Gasteiger partial charge in [-0.15, -0.1) is 0 Å². The van der Waals surface area contributed by atoms with Gasteiger partial charge in [-0.2, -0.15) is 11.8 Å². The molecule has 0 spiro atoms. The van der Waals surface area contributed by atoms with Crippen molar-refractivity contribution in [1.82, 2.24) is 10.2 Å². The summed E-state index contributed by atoms with van der Waals surface area (Å²) < 4.78 is 0. The summed E-state index contributed by atoms with van der Waals surface area (Å²) in [6.07, 6.45) is 4.78. The molecule has 2 saturated heterocycles. The van der Waals surface area contributed by atoms with Crippen LogP contribution in [0.25, 0.3) is 0 Å². The SMILES string of the molecule is CCC1NC(c2ccccc2)N(CC2CCCCS2)C1=O. The van der Waals surface area contributed by atoms with E-state index in [0.717, 1.165) is 13.0 Å². The Labute approximate surface area is 131 Å². The highest BCUT2D eigenvalue weighted by molar-refractivity contribution is 7.99. The van der Waals surface area contributed by atoms with Crippen LogP contribution in [-0.4, -0.2) is 34.4 Å². The Kier molecular flexibility index (Phi) is 4.86. The fourth-order valence-electron chi connectivity index (χ4n) is 3.25. The van der Waals surface area contributed by atoms with Crippen LogP contribution in [0.15, 0.2) is 30.3 Å². The molecule has 1 amide bonds. The first kappa shape index (κ1) is 14.9. The van der Waals surface area contributed by atoms with Gasteiger partial charge in [0.25, 0.3) is 0 Å². The van der Waals surface area contributed by atoms with Crippen molar-refractivity contribution >= 4 is 17.7 Å². The molecule has 0 aliphatic carbocycles. The molecule has 2 heterocycles. The molecular weight excluding hydrogens is 280 g/mol. The third-order valence-electron chi connectivity index (χ3n) is 4.45. The first-order chi connectivity index (χ1) is 10.3. The lowest BCUT2D eigenvalue weighted by atomic mass is 10.1. The number of benzene rings is 1. The molecule has 21 heavy (non-hydrogen) atoms. The summed E-state index contributed by atoms with van der Waals surface area (Å²) in [5.41, 5.74) is 1.20. The molecule has 2 aliphatic rings. The highest BCUT2D eigenvalue weighted by Crippen LogP contribution is 2.31. The van der Waals surface area contributed by atoms with Crippen LogP contribution in [0.4, 0.5) is 0 Å². The van der Waals surface area contributed by atoms with Crippen LogP contribution >= 0.6 is 11.8 Å². The predicted molar refractivity (Wildman–Crippen MR) is 88.2 cm³/mol. The van der Waals surface area contributed by atoms with Crippen LogP contribution in [0.3, 0.4) is 0 Å². The number of amides is 1. The predicted octanol–water partition coefficient (Wildman–Crippen LogP) is 3.18. The van der Waals surface area contributed by atoms with Gasteiger partial charge in [0.15, 0.2) is 0 Å². The third kappa shape index (κ3) is 3.27. The van der Waals surface area contributed by atoms with Gasteiger partial charge >= 0.3 is 0 Å². The fraction of sp³-hybridized carbons (Fsp3) is 0.588. The maximum absolute atomic E-state index is 12.6. The van der Waals surface area contributed by atoms with Gasteiger partial charge in [-0.25, -0.2) is 0 Å². The van der Waals surface area contributed by atoms with E-state index in [1.165, 1.54) is 30.6 Å². The molecule has 0 bridgehead atoms. The van der Waals surface area contributed by atoms with Gasteiger partial charge in [0.2, 0.25) is 5.91 Å². The van der Waals surface area contributed by atoms with Gasteiger partial charge < -0.3 is 4.90 Å². The van der Waals surface area contributed by atoms with E-state index in [-0.39, 0.29) is 18.1 Å². The molecule has 3 unspecified atom stereocenters. The van der Waals surface area contributed by atoms with Gasteiger partial charge in [-0.3, -0.25) is 10.1 Å². The van der Waals surface area contributed by atoms with Crippen molar-refractivity contribution in [1.29, 1.82) is 0 Å². The third-order valence-corrected chi connectivity index (χ3v) is 5.83. The summed E-state index contributed by atoms with van der Waals surface area (Å²) in [4.78, 5) is 14.7. The maximum Gasteiger partial charge on any atom is 0.241 e. The maximum atomic E-state index is 12.6. The Morgan fingerprint density at radius 3 is 2.76 bits per heavy atom. The molecule has 1 N–H and O–H groups in total. The molecule has 0 aromatic heterocycles. The molecule has 2 aliphatic heterocycles. The van der Waals surface area contributed by atoms with Gasteiger partial charge in [-0.05, 0) is 30.6 Å². The van der Waals surface area contributed by atoms with E-state index >= 15 is 0 Å². The van der Waals surface area contributed by atoms with Crippen molar-refractivity contribution in [3.8, 4) is 0 Å². The number of rotatable bonds is 4. The molecule has 1 aromatic rings. The Bertz CT molecular complexity index is 473. The standard InChI is InChI=1S/C17H24N2OS/c1-2-15-17(20)19(12-14-10-6-7-11-21-14)16(18-15)13-8-4-3-5-9-13/h3-5,8-9,14-16,18H,2,6-7,10-12H2,1H3. The number of carbonyl (C=O) groups is 1. The molecule has 0 saturated carbocycles. The van der Waals surface area contributed by atoms with Crippen LogP contribution in [0.5, 0.6) is 0 Å². The van der Waals surface area contributed by atoms with Crippen molar-refractivity contribution < 1.29 is 4.79 Å². The number of hydrogen-bond acceptors (Lipinski definition) is 3. The van der Waals surface area contributed by atoms with Crippen molar-refractivity contribution in [3.63, 3.8) is 0 Å². The van der Waals surface area contributed by atoms with Crippen molar-refractivity contribution in [3.05, 3.63) is 35.9 Å². The van der Waals surface area contributed by atoms with Gasteiger partial charge in [0, 0.05) is 11.8 Å². The van der Waals surface area contributed by atoms with E-state index in [0.29, 0.717) is 5.25 Å². The quantitative estimate of drug-likeness (QED) is 0.927. The number of nitrogens with zero attached hydrogens (tertiary/aromatic N) is 1. The second-order valence-electron chi connectivity index (χ2n) is 5.92. The molecule has 3 rings (SSSR count). The van der Waals surface area contributed by atoms with Crippen LogP contribution in [0.2, 0.25) is 0 Å². The fourth-order valence-corrected chi connectivity index (χ4v) is 4.55. The van der Waals surface area contributed by atoms with E-state index in [1.807, 2.05) is 30.0 Å². The van der Waals surface area contributed by atoms with Crippen molar-refractivity contribution in [2.75, 3.05) is 12.3 Å². The Morgan fingerprint density at radius 2 is 2.10 bits per heavy atom. The van der Waals surface area contributed by atoms with Crippen molar-refractivity contribution in [2.24, 2.45) is 0 Å². The lowest BCUT2D eigenvalue weighted by Gasteiger charge is -2.30. The summed E-state index contributed by atoms with van der Waals surface area (Å²) >= 11 is 2.04. The largest absolute Gasteiger partial charge is 0.320 e. The van der Waals surface area contributed by atoms with Gasteiger partial charge in [-0.1, -0.05) is 43.7 Å².